The highest BCUT2D eigenvalue weighted by molar-refractivity contribution is 6.02. The van der Waals surface area contributed by atoms with Crippen LogP contribution in [0.1, 0.15) is 86.9 Å². The van der Waals surface area contributed by atoms with E-state index in [1.807, 2.05) is 0 Å². The van der Waals surface area contributed by atoms with E-state index in [0.717, 1.165) is 4.90 Å². The summed E-state index contributed by atoms with van der Waals surface area (Å²) in [7, 11) is 0. The van der Waals surface area contributed by atoms with Crippen LogP contribution in [0.5, 0.6) is 0 Å². The van der Waals surface area contributed by atoms with Crippen LogP contribution in [0.15, 0.2) is 55.0 Å². The van der Waals surface area contributed by atoms with Crippen molar-refractivity contribution in [3.8, 4) is 6.07 Å². The molecule has 0 saturated carbocycles. The Hall–Kier alpha value is -7.19. The van der Waals surface area contributed by atoms with Gasteiger partial charge in [-0.1, -0.05) is 12.1 Å². The molecule has 0 bridgehead atoms. The molecular weight excluding hydrogens is 859 g/mol. The Morgan fingerprint density at radius 1 is 0.892 bits per heavy atom. The highest BCUT2D eigenvalue weighted by Crippen LogP contribution is 2.32. The number of aromatic nitrogens is 2. The maximum Gasteiger partial charge on any atom is 0.305 e. The minimum Gasteiger partial charge on any atom is -0.481 e. The number of rotatable bonds is 24. The molecule has 1 unspecified atom stereocenters. The van der Waals surface area contributed by atoms with Crippen molar-refractivity contribution in [2.75, 3.05) is 25.0 Å². The van der Waals surface area contributed by atoms with E-state index in [1.54, 1.807) is 37.4 Å². The number of benzene rings is 1. The van der Waals surface area contributed by atoms with Gasteiger partial charge in [0, 0.05) is 67.8 Å². The van der Waals surface area contributed by atoms with Crippen LogP contribution in [0.3, 0.4) is 0 Å². The lowest BCUT2D eigenvalue weighted by Crippen LogP contribution is -2.55. The standard InChI is InChI=1S/C42H50F2N10O11/c1-24(6-2-3-16-48-38(62)25-7-5-15-46-21-25)50-41(65)31(18-36(60)61)53-40(64)30(10-13-35(58)59)52-33(56)12-11-32(55)51-29-9-4-8-27-28(14-17-47-37(27)29)39(63)49-22-34(57)54-23-42(43,44)19-26(54)20-45/h4-5,7-9,14-15,17,21,24,26,30-31,39,49,63H,2-3,6,10-13,16,18-19,22-23H2,1H3,(H,48,62)(H,50,65)(H,51,55)(H,52,56)(H,53,64)(H,58,59)(H,60,61)/t24-,26+,30-,31-,39?/m1/s1. The number of unbranched alkanes of at least 4 members (excludes halogenated alkanes) is 1. The Kier molecular flexibility index (Phi) is 18.7. The van der Waals surface area contributed by atoms with Crippen LogP contribution in [-0.2, 0) is 33.6 Å². The van der Waals surface area contributed by atoms with Gasteiger partial charge in [0.1, 0.15) is 24.4 Å². The Morgan fingerprint density at radius 2 is 1.63 bits per heavy atom. The van der Waals surface area contributed by atoms with Crippen molar-refractivity contribution in [3.05, 3.63) is 66.1 Å². The molecular formula is C42H50F2N10O11. The smallest absolute Gasteiger partial charge is 0.305 e. The van der Waals surface area contributed by atoms with Gasteiger partial charge in [0.2, 0.25) is 29.5 Å². The van der Waals surface area contributed by atoms with Gasteiger partial charge in [0.25, 0.3) is 11.8 Å². The van der Waals surface area contributed by atoms with E-state index in [2.05, 4.69) is 41.9 Å². The summed E-state index contributed by atoms with van der Waals surface area (Å²) in [5.41, 5.74) is 0.971. The fraction of sp³-hybridized carbons (Fsp3) is 0.452. The zero-order valence-corrected chi connectivity index (χ0v) is 35.2. The number of para-hydroxylation sites is 1. The average Bonchev–Trinajstić information content (AvgIpc) is 3.59. The molecule has 1 aromatic carbocycles. The van der Waals surface area contributed by atoms with Gasteiger partial charge in [-0.3, -0.25) is 53.6 Å². The predicted octanol–water partition coefficient (Wildman–Crippen LogP) is 1.10. The molecule has 4 rings (SSSR count). The molecule has 65 heavy (non-hydrogen) atoms. The lowest BCUT2D eigenvalue weighted by atomic mass is 10.1. The van der Waals surface area contributed by atoms with E-state index < -0.39 is 129 Å². The van der Waals surface area contributed by atoms with Crippen molar-refractivity contribution in [3.63, 3.8) is 0 Å². The summed E-state index contributed by atoms with van der Waals surface area (Å²) in [4.78, 5) is 109. The third kappa shape index (κ3) is 15.8. The topological polar surface area (TPSA) is 322 Å². The molecule has 2 aromatic heterocycles. The summed E-state index contributed by atoms with van der Waals surface area (Å²) in [6.45, 7) is 0.514. The first-order valence-corrected chi connectivity index (χ1v) is 20.5. The lowest BCUT2D eigenvalue weighted by molar-refractivity contribution is -0.141. The summed E-state index contributed by atoms with van der Waals surface area (Å²) in [6, 6.07) is 6.00. The van der Waals surface area contributed by atoms with Crippen LogP contribution in [0, 0.1) is 11.3 Å². The Bertz CT molecular complexity index is 2260. The Balaban J connectivity index is 1.29. The number of halogens is 2. The number of hydrogen-bond donors (Lipinski definition) is 9. The molecule has 3 heterocycles. The normalized spacial score (nSPS) is 15.9. The molecule has 1 fully saturated rings. The monoisotopic (exact) mass is 908 g/mol. The number of aliphatic carboxylic acids is 2. The molecule has 1 saturated heterocycles. The van der Waals surface area contributed by atoms with E-state index in [1.165, 1.54) is 30.6 Å². The van der Waals surface area contributed by atoms with Crippen molar-refractivity contribution in [1.29, 1.82) is 5.26 Å². The number of hydrogen-bond acceptors (Lipinski definition) is 13. The Labute approximate surface area is 370 Å². The van der Waals surface area contributed by atoms with E-state index in [9.17, 15) is 67.7 Å². The zero-order chi connectivity index (χ0) is 47.7. The number of nitrogens with one attached hydrogen (secondary N) is 6. The molecule has 9 N–H and O–H groups in total. The highest BCUT2D eigenvalue weighted by atomic mass is 19.3. The molecule has 0 aliphatic carbocycles. The molecule has 6 amide bonds. The SMILES string of the molecule is C[C@H](CCCCNC(=O)c1cccnc1)NC(=O)[C@@H](CC(=O)O)NC(=O)[C@@H](CCC(=O)O)NC(=O)CCC(=O)Nc1cccc2c(C(O)NCC(=O)N3CC(F)(F)C[C@H]3C#N)ccnc12. The fourth-order valence-electron chi connectivity index (χ4n) is 6.82. The summed E-state index contributed by atoms with van der Waals surface area (Å²) < 4.78 is 27.7. The molecule has 348 valence electrons. The van der Waals surface area contributed by atoms with Gasteiger partial charge in [0.05, 0.1) is 42.3 Å². The molecule has 21 nitrogen and oxygen atoms in total. The average molecular weight is 909 g/mol. The second-order valence-corrected chi connectivity index (χ2v) is 15.3. The number of carboxylic acids is 2. The first-order valence-electron chi connectivity index (χ1n) is 20.5. The molecule has 23 heteroatoms. The second-order valence-electron chi connectivity index (χ2n) is 15.3. The van der Waals surface area contributed by atoms with Crippen LogP contribution in [0.2, 0.25) is 0 Å². The van der Waals surface area contributed by atoms with Crippen molar-refractivity contribution in [1.82, 2.24) is 41.5 Å². The summed E-state index contributed by atoms with van der Waals surface area (Å²) in [5.74, 6) is -10.5. The third-order valence-corrected chi connectivity index (χ3v) is 10.1. The van der Waals surface area contributed by atoms with Crippen molar-refractivity contribution >= 4 is 64.0 Å². The van der Waals surface area contributed by atoms with Gasteiger partial charge >= 0.3 is 11.9 Å². The number of pyridine rings is 2. The maximum absolute atomic E-state index is 13.8. The third-order valence-electron chi connectivity index (χ3n) is 10.1. The summed E-state index contributed by atoms with van der Waals surface area (Å²) >= 11 is 0. The minimum atomic E-state index is -3.22. The summed E-state index contributed by atoms with van der Waals surface area (Å²) in [5, 5.41) is 54.4. The predicted molar refractivity (Wildman–Crippen MR) is 224 cm³/mol. The molecule has 0 radical (unpaired) electrons. The number of carboxylic acid groups (broad SMARTS) is 2. The van der Waals surface area contributed by atoms with Gasteiger partial charge in [-0.05, 0) is 56.9 Å². The number of fused-ring (bicyclic) bond motifs is 1. The van der Waals surface area contributed by atoms with E-state index in [0.29, 0.717) is 36.8 Å². The van der Waals surface area contributed by atoms with Crippen LogP contribution in [-0.4, -0.2) is 127 Å². The van der Waals surface area contributed by atoms with Gasteiger partial charge in [0.15, 0.2) is 0 Å². The summed E-state index contributed by atoms with van der Waals surface area (Å²) in [6.07, 6.45) is 0.740. The first kappa shape index (κ1) is 50.5. The second kappa shape index (κ2) is 24.0. The van der Waals surface area contributed by atoms with Crippen molar-refractivity contribution < 1.29 is 62.5 Å². The molecule has 1 aliphatic heterocycles. The van der Waals surface area contributed by atoms with Crippen LogP contribution in [0.4, 0.5) is 14.5 Å². The van der Waals surface area contributed by atoms with Crippen molar-refractivity contribution in [2.24, 2.45) is 0 Å². The van der Waals surface area contributed by atoms with Gasteiger partial charge in [-0.25, -0.2) is 8.78 Å². The van der Waals surface area contributed by atoms with E-state index >= 15 is 0 Å². The number of alkyl halides is 2. The molecule has 1 aliphatic rings. The molecule has 5 atom stereocenters. The van der Waals surface area contributed by atoms with Gasteiger partial charge in [-0.15, -0.1) is 0 Å². The molecule has 0 spiro atoms. The number of aliphatic hydroxyl groups excluding tert-OH is 1. The number of nitrogens with zero attached hydrogens (tertiary/aromatic N) is 4. The number of amides is 6. The van der Waals surface area contributed by atoms with Crippen LogP contribution >= 0.6 is 0 Å². The Morgan fingerprint density at radius 3 is 2.32 bits per heavy atom. The number of carbonyl (C=O) groups is 8. The minimum absolute atomic E-state index is 0.162. The van der Waals surface area contributed by atoms with E-state index in [4.69, 9.17) is 0 Å². The fourth-order valence-corrected chi connectivity index (χ4v) is 6.82. The largest absolute Gasteiger partial charge is 0.481 e. The number of carbonyl (C=O) groups excluding carboxylic acids is 6. The molecule has 3 aromatic rings. The highest BCUT2D eigenvalue weighted by Gasteiger charge is 2.47. The van der Waals surface area contributed by atoms with Crippen LogP contribution in [0.25, 0.3) is 10.9 Å². The number of nitriles is 1. The maximum atomic E-state index is 13.8. The lowest BCUT2D eigenvalue weighted by Gasteiger charge is -2.23. The first-order chi connectivity index (χ1) is 30.9. The van der Waals surface area contributed by atoms with E-state index in [-0.39, 0.29) is 22.7 Å². The number of likely N-dealkylation sites (tertiary alicyclic amines) is 1. The van der Waals surface area contributed by atoms with Gasteiger partial charge < -0.3 is 46.8 Å². The van der Waals surface area contributed by atoms with Gasteiger partial charge in [-0.2, -0.15) is 5.26 Å². The zero-order valence-electron chi connectivity index (χ0n) is 35.2. The quantitative estimate of drug-likeness (QED) is 0.0449. The number of aliphatic hydroxyl groups is 1. The van der Waals surface area contributed by atoms with Crippen LogP contribution < -0.4 is 31.9 Å². The van der Waals surface area contributed by atoms with Crippen molar-refractivity contribution in [2.45, 2.75) is 101 Å². The number of anilines is 1.